The first kappa shape index (κ1) is 13.0. The van der Waals surface area contributed by atoms with Crippen molar-refractivity contribution in [2.75, 3.05) is 18.5 Å². The van der Waals surface area contributed by atoms with Crippen molar-refractivity contribution in [2.45, 2.75) is 32.5 Å². The van der Waals surface area contributed by atoms with E-state index in [9.17, 15) is 0 Å². The van der Waals surface area contributed by atoms with Gasteiger partial charge in [-0.1, -0.05) is 22.0 Å². The molecule has 1 aliphatic rings. The molecular formula is C13H19BrN2O. The van der Waals surface area contributed by atoms with Gasteiger partial charge in [0, 0.05) is 30.2 Å². The summed E-state index contributed by atoms with van der Waals surface area (Å²) in [4.78, 5) is 7.00. The second-order valence-electron chi connectivity index (χ2n) is 4.66. The summed E-state index contributed by atoms with van der Waals surface area (Å²) in [5.41, 5.74) is 2.23. The molecule has 2 atom stereocenters. The lowest BCUT2D eigenvalue weighted by atomic mass is 10.2. The molecule has 0 saturated carbocycles. The molecule has 3 nitrogen and oxygen atoms in total. The molecule has 0 aliphatic carbocycles. The Balaban J connectivity index is 2.01. The molecule has 2 heterocycles. The van der Waals surface area contributed by atoms with Crippen LogP contribution in [-0.4, -0.2) is 40.5 Å². The summed E-state index contributed by atoms with van der Waals surface area (Å²) >= 11 is 3.49. The minimum atomic E-state index is 0.302. The van der Waals surface area contributed by atoms with E-state index < -0.39 is 0 Å². The van der Waals surface area contributed by atoms with Crippen LogP contribution in [0.4, 0.5) is 0 Å². The average molecular weight is 299 g/mol. The Morgan fingerprint density at radius 3 is 3.06 bits per heavy atom. The fourth-order valence-electron chi connectivity index (χ4n) is 2.08. The number of aromatic nitrogens is 1. The van der Waals surface area contributed by atoms with Gasteiger partial charge in [0.1, 0.15) is 0 Å². The van der Waals surface area contributed by atoms with E-state index in [2.05, 4.69) is 44.9 Å². The number of rotatable bonds is 3. The normalized spacial score (nSPS) is 26.1. The molecule has 0 spiro atoms. The van der Waals surface area contributed by atoms with Crippen LogP contribution in [0.15, 0.2) is 18.2 Å². The highest BCUT2D eigenvalue weighted by Gasteiger charge is 2.25. The number of morpholine rings is 1. The van der Waals surface area contributed by atoms with Crippen LogP contribution in [0, 0.1) is 6.92 Å². The monoisotopic (exact) mass is 298 g/mol. The number of alkyl halides is 1. The summed E-state index contributed by atoms with van der Waals surface area (Å²) in [6.45, 7) is 6.94. The van der Waals surface area contributed by atoms with Gasteiger partial charge in [-0.25, -0.2) is 0 Å². The van der Waals surface area contributed by atoms with Crippen LogP contribution in [0.25, 0.3) is 0 Å². The maximum Gasteiger partial charge on any atom is 0.0799 e. The molecule has 0 radical (unpaired) electrons. The largest absolute Gasteiger partial charge is 0.374 e. The summed E-state index contributed by atoms with van der Waals surface area (Å²) in [5, 5.41) is 0.900. The van der Waals surface area contributed by atoms with Gasteiger partial charge in [0.05, 0.1) is 18.4 Å². The van der Waals surface area contributed by atoms with Crippen molar-refractivity contribution in [2.24, 2.45) is 0 Å². The van der Waals surface area contributed by atoms with Gasteiger partial charge in [-0.3, -0.25) is 9.88 Å². The highest BCUT2D eigenvalue weighted by molar-refractivity contribution is 9.09. The molecule has 4 heteroatoms. The van der Waals surface area contributed by atoms with Crippen LogP contribution >= 0.6 is 15.9 Å². The molecule has 17 heavy (non-hydrogen) atoms. The van der Waals surface area contributed by atoms with Crippen LogP contribution in [0.3, 0.4) is 0 Å². The molecule has 2 rings (SSSR count). The predicted molar refractivity (Wildman–Crippen MR) is 72.4 cm³/mol. The minimum absolute atomic E-state index is 0.302. The summed E-state index contributed by atoms with van der Waals surface area (Å²) in [6, 6.07) is 6.67. The molecule has 0 aromatic carbocycles. The van der Waals surface area contributed by atoms with Crippen LogP contribution in [0.5, 0.6) is 0 Å². The maximum absolute atomic E-state index is 5.72. The van der Waals surface area contributed by atoms with Crippen molar-refractivity contribution in [3.8, 4) is 0 Å². The smallest absolute Gasteiger partial charge is 0.0799 e. The van der Waals surface area contributed by atoms with Gasteiger partial charge in [0.15, 0.2) is 0 Å². The first-order valence-corrected chi connectivity index (χ1v) is 7.15. The fraction of sp³-hybridized carbons (Fsp3) is 0.615. The molecule has 0 amide bonds. The van der Waals surface area contributed by atoms with Crippen molar-refractivity contribution < 1.29 is 4.74 Å². The number of hydrogen-bond acceptors (Lipinski definition) is 3. The Morgan fingerprint density at radius 2 is 2.35 bits per heavy atom. The molecule has 2 unspecified atom stereocenters. The van der Waals surface area contributed by atoms with Crippen molar-refractivity contribution in [1.82, 2.24) is 9.88 Å². The third-order valence-corrected chi connectivity index (χ3v) is 3.84. The van der Waals surface area contributed by atoms with Gasteiger partial charge in [0.2, 0.25) is 0 Å². The van der Waals surface area contributed by atoms with E-state index in [-0.39, 0.29) is 0 Å². The van der Waals surface area contributed by atoms with Crippen molar-refractivity contribution in [1.29, 1.82) is 0 Å². The topological polar surface area (TPSA) is 25.4 Å². The average Bonchev–Trinajstić information content (AvgIpc) is 2.32. The predicted octanol–water partition coefficient (Wildman–Crippen LogP) is 2.37. The molecule has 1 fully saturated rings. The maximum atomic E-state index is 5.72. The zero-order chi connectivity index (χ0) is 12.3. The van der Waals surface area contributed by atoms with E-state index in [4.69, 9.17) is 4.74 Å². The first-order chi connectivity index (χ1) is 8.19. The Labute approximate surface area is 111 Å². The van der Waals surface area contributed by atoms with Crippen molar-refractivity contribution in [3.05, 3.63) is 29.6 Å². The quantitative estimate of drug-likeness (QED) is 0.801. The summed E-state index contributed by atoms with van der Waals surface area (Å²) in [6.07, 6.45) is 0.302. The van der Waals surface area contributed by atoms with Crippen LogP contribution in [-0.2, 0) is 11.3 Å². The minimum Gasteiger partial charge on any atom is -0.374 e. The van der Waals surface area contributed by atoms with Crippen LogP contribution < -0.4 is 0 Å². The third-order valence-electron chi connectivity index (χ3n) is 3.12. The van der Waals surface area contributed by atoms with Crippen molar-refractivity contribution in [3.63, 3.8) is 0 Å². The Morgan fingerprint density at radius 1 is 1.53 bits per heavy atom. The number of pyridine rings is 1. The van der Waals surface area contributed by atoms with Gasteiger partial charge >= 0.3 is 0 Å². The van der Waals surface area contributed by atoms with Gasteiger partial charge in [-0.2, -0.15) is 0 Å². The summed E-state index contributed by atoms with van der Waals surface area (Å²) in [7, 11) is 0. The second-order valence-corrected chi connectivity index (χ2v) is 5.31. The summed E-state index contributed by atoms with van der Waals surface area (Å²) in [5.74, 6) is 0. The van der Waals surface area contributed by atoms with E-state index in [1.165, 1.54) is 0 Å². The standard InChI is InChI=1S/C13H19BrN2O/c1-10-4-3-5-12(15-10)7-16-8-13(6-14)17-9-11(16)2/h3-5,11,13H,6-9H2,1-2H3. The highest BCUT2D eigenvalue weighted by Crippen LogP contribution is 2.16. The van der Waals surface area contributed by atoms with Crippen LogP contribution in [0.1, 0.15) is 18.3 Å². The Hall–Kier alpha value is -0.450. The zero-order valence-electron chi connectivity index (χ0n) is 10.4. The van der Waals surface area contributed by atoms with E-state index >= 15 is 0 Å². The Bertz CT molecular complexity index is 372. The van der Waals surface area contributed by atoms with Crippen molar-refractivity contribution >= 4 is 15.9 Å². The zero-order valence-corrected chi connectivity index (χ0v) is 12.0. The number of halogens is 1. The Kier molecular flexibility index (Phi) is 4.54. The summed E-state index contributed by atoms with van der Waals surface area (Å²) < 4.78 is 5.72. The van der Waals surface area contributed by atoms with E-state index in [0.717, 1.165) is 36.4 Å². The lowest BCUT2D eigenvalue weighted by molar-refractivity contribution is -0.0503. The van der Waals surface area contributed by atoms with E-state index in [1.54, 1.807) is 0 Å². The van der Waals surface area contributed by atoms with E-state index in [1.807, 2.05) is 13.0 Å². The molecular weight excluding hydrogens is 280 g/mol. The second kappa shape index (κ2) is 5.94. The molecule has 1 saturated heterocycles. The molecule has 1 aromatic rings. The number of aryl methyl sites for hydroxylation is 1. The fourth-order valence-corrected chi connectivity index (χ4v) is 2.48. The van der Waals surface area contributed by atoms with E-state index in [0.29, 0.717) is 12.1 Å². The molecule has 0 bridgehead atoms. The van der Waals surface area contributed by atoms with Gasteiger partial charge in [-0.15, -0.1) is 0 Å². The van der Waals surface area contributed by atoms with Gasteiger partial charge < -0.3 is 4.74 Å². The first-order valence-electron chi connectivity index (χ1n) is 6.03. The third kappa shape index (κ3) is 3.50. The highest BCUT2D eigenvalue weighted by atomic mass is 79.9. The van der Waals surface area contributed by atoms with Gasteiger partial charge in [0.25, 0.3) is 0 Å². The lowest BCUT2D eigenvalue weighted by Gasteiger charge is -2.37. The molecule has 1 aromatic heterocycles. The molecule has 0 N–H and O–H groups in total. The number of nitrogens with zero attached hydrogens (tertiary/aromatic N) is 2. The SMILES string of the molecule is Cc1cccc(CN2CC(CBr)OCC2C)n1. The van der Waals surface area contributed by atoms with Crippen LogP contribution in [0.2, 0.25) is 0 Å². The van der Waals surface area contributed by atoms with Gasteiger partial charge in [-0.05, 0) is 26.0 Å². The lowest BCUT2D eigenvalue weighted by Crippen LogP contribution is -2.48. The molecule has 94 valence electrons. The molecule has 1 aliphatic heterocycles. The number of ether oxygens (including phenoxy) is 1. The number of hydrogen-bond donors (Lipinski definition) is 0.